The molecule has 0 aliphatic rings. The van der Waals surface area contributed by atoms with Crippen molar-refractivity contribution in [1.82, 2.24) is 9.97 Å². The van der Waals surface area contributed by atoms with Gasteiger partial charge in [-0.3, -0.25) is 4.79 Å². The molecule has 0 fully saturated rings. The van der Waals surface area contributed by atoms with Crippen LogP contribution in [-0.4, -0.2) is 15.9 Å². The number of hydrogen-bond acceptors (Lipinski definition) is 2. The number of nitrogens with one attached hydrogen (secondary N) is 2. The molecule has 3 aromatic rings. The molecular weight excluding hydrogens is 274 g/mol. The van der Waals surface area contributed by atoms with Gasteiger partial charge in [-0.05, 0) is 42.8 Å². The van der Waals surface area contributed by atoms with Gasteiger partial charge in [0.1, 0.15) is 0 Å². The molecule has 1 amide bonds. The number of nitrogens with zero attached hydrogens (tertiary/aromatic N) is 1. The number of rotatable bonds is 2. The topological polar surface area (TPSA) is 57.8 Å². The highest BCUT2D eigenvalue weighted by Gasteiger charge is 2.11. The Morgan fingerprint density at radius 2 is 2.15 bits per heavy atom. The van der Waals surface area contributed by atoms with Gasteiger partial charge >= 0.3 is 0 Å². The first kappa shape index (κ1) is 12.7. The molecule has 0 aliphatic carbocycles. The van der Waals surface area contributed by atoms with Crippen molar-refractivity contribution in [2.45, 2.75) is 6.92 Å². The van der Waals surface area contributed by atoms with Crippen molar-refractivity contribution in [1.29, 1.82) is 0 Å². The predicted octanol–water partition coefficient (Wildman–Crippen LogP) is 3.78. The second-order valence-corrected chi connectivity index (χ2v) is 4.89. The van der Waals surface area contributed by atoms with E-state index >= 15 is 0 Å². The summed E-state index contributed by atoms with van der Waals surface area (Å²) >= 11 is 6.01. The largest absolute Gasteiger partial charge is 0.361 e. The molecule has 0 bridgehead atoms. The number of H-pyrrole nitrogens is 1. The van der Waals surface area contributed by atoms with Gasteiger partial charge in [-0.2, -0.15) is 0 Å². The summed E-state index contributed by atoms with van der Waals surface area (Å²) in [7, 11) is 0. The normalized spacial score (nSPS) is 10.7. The molecular formula is C15H12ClN3O. The van der Waals surface area contributed by atoms with Crippen molar-refractivity contribution in [3.05, 3.63) is 59.0 Å². The van der Waals surface area contributed by atoms with Crippen LogP contribution in [0, 0.1) is 6.92 Å². The summed E-state index contributed by atoms with van der Waals surface area (Å²) in [5.41, 5.74) is 3.00. The van der Waals surface area contributed by atoms with Crippen molar-refractivity contribution in [2.75, 3.05) is 5.32 Å². The van der Waals surface area contributed by atoms with E-state index < -0.39 is 0 Å². The fourth-order valence-electron chi connectivity index (χ4n) is 2.06. The average molecular weight is 286 g/mol. The zero-order valence-electron chi connectivity index (χ0n) is 10.8. The lowest BCUT2D eigenvalue weighted by molar-refractivity contribution is 0.102. The summed E-state index contributed by atoms with van der Waals surface area (Å²) in [5, 5.41) is 4.09. The van der Waals surface area contributed by atoms with Gasteiger partial charge in [0, 0.05) is 28.9 Å². The third-order valence-electron chi connectivity index (χ3n) is 3.17. The zero-order valence-corrected chi connectivity index (χ0v) is 11.5. The molecule has 0 atom stereocenters. The molecule has 2 N–H and O–H groups in total. The van der Waals surface area contributed by atoms with Gasteiger partial charge in [0.15, 0.2) is 5.15 Å². The van der Waals surface area contributed by atoms with E-state index in [1.807, 2.05) is 31.3 Å². The van der Waals surface area contributed by atoms with Crippen LogP contribution in [0.4, 0.5) is 5.69 Å². The molecule has 0 saturated heterocycles. The van der Waals surface area contributed by atoms with Crippen LogP contribution in [0.3, 0.4) is 0 Å². The van der Waals surface area contributed by atoms with Gasteiger partial charge in [0.2, 0.25) is 0 Å². The van der Waals surface area contributed by atoms with E-state index in [9.17, 15) is 4.79 Å². The van der Waals surface area contributed by atoms with Crippen LogP contribution in [-0.2, 0) is 0 Å². The molecule has 5 heteroatoms. The summed E-state index contributed by atoms with van der Waals surface area (Å²) in [6.45, 7) is 1.87. The number of benzene rings is 1. The third kappa shape index (κ3) is 2.26. The maximum Gasteiger partial charge on any atom is 0.255 e. The molecule has 1 aromatic carbocycles. The molecule has 0 unspecified atom stereocenters. The lowest BCUT2D eigenvalue weighted by Crippen LogP contribution is -2.13. The summed E-state index contributed by atoms with van der Waals surface area (Å²) < 4.78 is 0. The molecule has 20 heavy (non-hydrogen) atoms. The number of aryl methyl sites for hydroxylation is 1. The minimum Gasteiger partial charge on any atom is -0.361 e. The Balaban J connectivity index is 1.92. The maximum absolute atomic E-state index is 12.3. The molecule has 0 aliphatic heterocycles. The SMILES string of the molecule is Cc1ccnc(Cl)c1NC(=O)c1ccc2[nH]ccc2c1. The first-order valence-corrected chi connectivity index (χ1v) is 6.52. The summed E-state index contributed by atoms with van der Waals surface area (Å²) in [5.74, 6) is -0.203. The smallest absolute Gasteiger partial charge is 0.255 e. The third-order valence-corrected chi connectivity index (χ3v) is 3.45. The number of carbonyl (C=O) groups is 1. The first-order valence-electron chi connectivity index (χ1n) is 6.15. The van der Waals surface area contributed by atoms with Crippen molar-refractivity contribution >= 4 is 34.1 Å². The highest BCUT2D eigenvalue weighted by atomic mass is 35.5. The summed E-state index contributed by atoms with van der Waals surface area (Å²) in [4.78, 5) is 19.3. The van der Waals surface area contributed by atoms with Crippen LogP contribution in [0.15, 0.2) is 42.7 Å². The van der Waals surface area contributed by atoms with E-state index in [0.717, 1.165) is 16.5 Å². The Kier molecular flexibility index (Phi) is 3.16. The van der Waals surface area contributed by atoms with Crippen molar-refractivity contribution < 1.29 is 4.79 Å². The Morgan fingerprint density at radius 3 is 2.95 bits per heavy atom. The van der Waals surface area contributed by atoms with E-state index in [1.165, 1.54) is 0 Å². The number of aromatic nitrogens is 2. The lowest BCUT2D eigenvalue weighted by atomic mass is 10.1. The Bertz CT molecular complexity index is 774. The van der Waals surface area contributed by atoms with Gasteiger partial charge in [0.25, 0.3) is 5.91 Å². The van der Waals surface area contributed by atoms with Crippen molar-refractivity contribution in [3.8, 4) is 0 Å². The Morgan fingerprint density at radius 1 is 1.30 bits per heavy atom. The molecule has 100 valence electrons. The molecule has 0 spiro atoms. The van der Waals surface area contributed by atoms with Gasteiger partial charge in [-0.1, -0.05) is 11.6 Å². The van der Waals surface area contributed by atoms with Gasteiger partial charge in [-0.25, -0.2) is 4.98 Å². The van der Waals surface area contributed by atoms with Crippen molar-refractivity contribution in [3.63, 3.8) is 0 Å². The minimum absolute atomic E-state index is 0.203. The molecule has 0 radical (unpaired) electrons. The number of fused-ring (bicyclic) bond motifs is 1. The van der Waals surface area contributed by atoms with Crippen LogP contribution in [0.25, 0.3) is 10.9 Å². The van der Waals surface area contributed by atoms with Crippen LogP contribution in [0.2, 0.25) is 5.15 Å². The number of aromatic amines is 1. The standard InChI is InChI=1S/C15H12ClN3O/c1-9-4-6-18-14(16)13(9)19-15(20)11-2-3-12-10(8-11)5-7-17-12/h2-8,17H,1H3,(H,19,20). The minimum atomic E-state index is -0.203. The number of carbonyl (C=O) groups excluding carboxylic acids is 1. The van der Waals surface area contributed by atoms with Gasteiger partial charge < -0.3 is 10.3 Å². The second kappa shape index (κ2) is 4.98. The molecule has 2 aromatic heterocycles. The van der Waals surface area contributed by atoms with Gasteiger partial charge in [0.05, 0.1) is 5.69 Å². The van der Waals surface area contributed by atoms with E-state index in [0.29, 0.717) is 16.4 Å². The van der Waals surface area contributed by atoms with E-state index in [-0.39, 0.29) is 5.91 Å². The number of hydrogen-bond donors (Lipinski definition) is 2. The van der Waals surface area contributed by atoms with Crippen LogP contribution in [0.1, 0.15) is 15.9 Å². The molecule has 3 rings (SSSR count). The van der Waals surface area contributed by atoms with Crippen LogP contribution < -0.4 is 5.32 Å². The Labute approximate surface area is 120 Å². The lowest BCUT2D eigenvalue weighted by Gasteiger charge is -2.09. The van der Waals surface area contributed by atoms with Crippen molar-refractivity contribution in [2.24, 2.45) is 0 Å². The van der Waals surface area contributed by atoms with E-state index in [2.05, 4.69) is 15.3 Å². The number of pyridine rings is 1. The highest BCUT2D eigenvalue weighted by Crippen LogP contribution is 2.24. The summed E-state index contributed by atoms with van der Waals surface area (Å²) in [6, 6.07) is 9.21. The van der Waals surface area contributed by atoms with Crippen LogP contribution in [0.5, 0.6) is 0 Å². The van der Waals surface area contributed by atoms with Gasteiger partial charge in [-0.15, -0.1) is 0 Å². The fraction of sp³-hybridized carbons (Fsp3) is 0.0667. The highest BCUT2D eigenvalue weighted by molar-refractivity contribution is 6.32. The quantitative estimate of drug-likeness (QED) is 0.704. The molecule has 2 heterocycles. The molecule has 0 saturated carbocycles. The van der Waals surface area contributed by atoms with E-state index in [1.54, 1.807) is 18.3 Å². The summed E-state index contributed by atoms with van der Waals surface area (Å²) in [6.07, 6.45) is 3.45. The first-order chi connectivity index (χ1) is 9.65. The molecule has 4 nitrogen and oxygen atoms in total. The number of amides is 1. The average Bonchev–Trinajstić information content (AvgIpc) is 2.90. The second-order valence-electron chi connectivity index (χ2n) is 4.53. The number of halogens is 1. The fourth-order valence-corrected chi connectivity index (χ4v) is 2.31. The zero-order chi connectivity index (χ0) is 14.1. The van der Waals surface area contributed by atoms with E-state index in [4.69, 9.17) is 11.6 Å². The predicted molar refractivity (Wildman–Crippen MR) is 80.2 cm³/mol. The number of anilines is 1. The maximum atomic E-state index is 12.3. The Hall–Kier alpha value is -2.33. The van der Waals surface area contributed by atoms with Crippen LogP contribution >= 0.6 is 11.6 Å². The monoisotopic (exact) mass is 285 g/mol.